The van der Waals surface area contributed by atoms with Crippen molar-refractivity contribution in [3.05, 3.63) is 22.4 Å². The second-order valence-electron chi connectivity index (χ2n) is 5.94. The third-order valence-corrected chi connectivity index (χ3v) is 6.29. The molecular formula is C16H24N2O2S2. The summed E-state index contributed by atoms with van der Waals surface area (Å²) in [6.07, 6.45) is 3.79. The van der Waals surface area contributed by atoms with Crippen molar-refractivity contribution in [2.24, 2.45) is 0 Å². The Morgan fingerprint density at radius 3 is 3.09 bits per heavy atom. The van der Waals surface area contributed by atoms with Crippen LogP contribution in [0.2, 0.25) is 0 Å². The first-order chi connectivity index (χ1) is 10.8. The standard InChI is InChI=1S/C16H24N2O2S2/c19-16(17-9-15-4-2-7-22-15)11-18(13-5-8-21-12-13)10-14-3-1-6-20-14/h2,4,7,13-14H,1,3,5-6,8-12H2,(H,17,19)/t13-,14+/m0/s1. The predicted molar refractivity (Wildman–Crippen MR) is 92.4 cm³/mol. The van der Waals surface area contributed by atoms with Crippen molar-refractivity contribution in [2.45, 2.75) is 38.0 Å². The highest BCUT2D eigenvalue weighted by Crippen LogP contribution is 2.24. The molecule has 2 saturated heterocycles. The molecule has 2 aliphatic heterocycles. The summed E-state index contributed by atoms with van der Waals surface area (Å²) >= 11 is 3.68. The number of nitrogens with zero attached hydrogens (tertiary/aromatic N) is 1. The maximum absolute atomic E-state index is 12.3. The quantitative estimate of drug-likeness (QED) is 0.827. The number of thiophene rings is 1. The second kappa shape index (κ2) is 8.34. The summed E-state index contributed by atoms with van der Waals surface area (Å²) < 4.78 is 5.76. The summed E-state index contributed by atoms with van der Waals surface area (Å²) in [6.45, 7) is 2.92. The van der Waals surface area contributed by atoms with Crippen LogP contribution in [-0.2, 0) is 16.1 Å². The van der Waals surface area contributed by atoms with Gasteiger partial charge in [0.05, 0.1) is 19.2 Å². The van der Waals surface area contributed by atoms with Crippen molar-refractivity contribution in [3.63, 3.8) is 0 Å². The number of rotatable bonds is 7. The Labute approximate surface area is 140 Å². The van der Waals surface area contributed by atoms with Crippen molar-refractivity contribution in [1.29, 1.82) is 0 Å². The largest absolute Gasteiger partial charge is 0.377 e. The van der Waals surface area contributed by atoms with Gasteiger partial charge in [0.2, 0.25) is 5.91 Å². The van der Waals surface area contributed by atoms with Gasteiger partial charge < -0.3 is 10.1 Å². The van der Waals surface area contributed by atoms with Crippen LogP contribution in [-0.4, -0.2) is 54.2 Å². The minimum absolute atomic E-state index is 0.128. The third-order valence-electron chi connectivity index (χ3n) is 4.27. The van der Waals surface area contributed by atoms with Gasteiger partial charge in [-0.1, -0.05) is 6.07 Å². The molecule has 2 atom stereocenters. The van der Waals surface area contributed by atoms with Crippen LogP contribution in [0, 0.1) is 0 Å². The highest BCUT2D eigenvalue weighted by Gasteiger charge is 2.28. The zero-order valence-corrected chi connectivity index (χ0v) is 14.5. The van der Waals surface area contributed by atoms with E-state index in [1.165, 1.54) is 17.1 Å². The van der Waals surface area contributed by atoms with Crippen LogP contribution in [0.4, 0.5) is 0 Å². The van der Waals surface area contributed by atoms with Crippen LogP contribution in [0.1, 0.15) is 24.1 Å². The van der Waals surface area contributed by atoms with E-state index in [1.807, 2.05) is 23.2 Å². The first kappa shape index (κ1) is 16.3. The summed E-state index contributed by atoms with van der Waals surface area (Å²) in [7, 11) is 0. The molecule has 22 heavy (non-hydrogen) atoms. The molecule has 0 aromatic carbocycles. The zero-order chi connectivity index (χ0) is 15.2. The summed E-state index contributed by atoms with van der Waals surface area (Å²) in [5.74, 6) is 2.48. The molecule has 4 nitrogen and oxygen atoms in total. The molecule has 2 aliphatic rings. The first-order valence-electron chi connectivity index (χ1n) is 8.04. The van der Waals surface area contributed by atoms with Crippen molar-refractivity contribution in [1.82, 2.24) is 10.2 Å². The Balaban J connectivity index is 1.50. The highest BCUT2D eigenvalue weighted by atomic mass is 32.2. The topological polar surface area (TPSA) is 41.6 Å². The van der Waals surface area contributed by atoms with Crippen molar-refractivity contribution in [2.75, 3.05) is 31.2 Å². The SMILES string of the molecule is O=C(CN(C[C@H]1CCCO1)[C@H]1CCSC1)NCc1cccs1. The average molecular weight is 341 g/mol. The minimum atomic E-state index is 0.128. The number of hydrogen-bond donors (Lipinski definition) is 1. The Morgan fingerprint density at radius 2 is 2.41 bits per heavy atom. The summed E-state index contributed by atoms with van der Waals surface area (Å²) in [6, 6.07) is 4.61. The van der Waals surface area contributed by atoms with Gasteiger partial charge >= 0.3 is 0 Å². The Hall–Kier alpha value is -0.560. The van der Waals surface area contributed by atoms with E-state index in [0.717, 1.165) is 31.7 Å². The lowest BCUT2D eigenvalue weighted by Gasteiger charge is -2.29. The van der Waals surface area contributed by atoms with Gasteiger partial charge in [-0.3, -0.25) is 9.69 Å². The molecule has 0 radical (unpaired) electrons. The van der Waals surface area contributed by atoms with Crippen molar-refractivity contribution in [3.8, 4) is 0 Å². The summed E-state index contributed by atoms with van der Waals surface area (Å²) in [5, 5.41) is 5.09. The number of carbonyl (C=O) groups is 1. The van der Waals surface area contributed by atoms with Crippen molar-refractivity contribution < 1.29 is 9.53 Å². The average Bonchev–Trinajstić information content (AvgIpc) is 3.26. The molecule has 0 aliphatic carbocycles. The maximum atomic E-state index is 12.3. The molecule has 1 amide bonds. The number of amides is 1. The molecular weight excluding hydrogens is 316 g/mol. The lowest BCUT2D eigenvalue weighted by Crippen LogP contribution is -2.46. The monoisotopic (exact) mass is 340 g/mol. The van der Waals surface area contributed by atoms with E-state index in [4.69, 9.17) is 4.74 Å². The number of thioether (sulfide) groups is 1. The number of carbonyl (C=O) groups excluding carboxylic acids is 1. The van der Waals surface area contributed by atoms with E-state index in [-0.39, 0.29) is 5.91 Å². The molecule has 1 aromatic heterocycles. The third kappa shape index (κ3) is 4.72. The van der Waals surface area contributed by atoms with E-state index in [0.29, 0.717) is 25.2 Å². The van der Waals surface area contributed by atoms with Gasteiger partial charge in [-0.05, 0) is 36.5 Å². The van der Waals surface area contributed by atoms with Gasteiger partial charge in [0.25, 0.3) is 0 Å². The van der Waals surface area contributed by atoms with Gasteiger partial charge in [-0.2, -0.15) is 11.8 Å². The number of nitrogens with one attached hydrogen (secondary N) is 1. The lowest BCUT2D eigenvalue weighted by molar-refractivity contribution is -0.123. The molecule has 6 heteroatoms. The Bertz CT molecular complexity index is 455. The Kier molecular flexibility index (Phi) is 6.18. The number of hydrogen-bond acceptors (Lipinski definition) is 5. The maximum Gasteiger partial charge on any atom is 0.234 e. The van der Waals surface area contributed by atoms with Crippen LogP contribution in [0.5, 0.6) is 0 Å². The zero-order valence-electron chi connectivity index (χ0n) is 12.8. The van der Waals surface area contributed by atoms with Crippen LogP contribution in [0.3, 0.4) is 0 Å². The smallest absolute Gasteiger partial charge is 0.234 e. The summed E-state index contributed by atoms with van der Waals surface area (Å²) in [5.41, 5.74) is 0. The fourth-order valence-electron chi connectivity index (χ4n) is 3.04. The lowest BCUT2D eigenvalue weighted by atomic mass is 10.1. The fourth-order valence-corrected chi connectivity index (χ4v) is 4.94. The van der Waals surface area contributed by atoms with E-state index in [9.17, 15) is 4.79 Å². The van der Waals surface area contributed by atoms with Crippen LogP contribution >= 0.6 is 23.1 Å². The van der Waals surface area contributed by atoms with Crippen molar-refractivity contribution >= 4 is 29.0 Å². The number of ether oxygens (including phenoxy) is 1. The molecule has 3 rings (SSSR count). The van der Waals surface area contributed by atoms with Crippen LogP contribution < -0.4 is 5.32 Å². The molecule has 0 spiro atoms. The van der Waals surface area contributed by atoms with Gasteiger partial charge in [0.15, 0.2) is 0 Å². The van der Waals surface area contributed by atoms with E-state index in [1.54, 1.807) is 11.3 Å². The molecule has 0 unspecified atom stereocenters. The molecule has 122 valence electrons. The summed E-state index contributed by atoms with van der Waals surface area (Å²) in [4.78, 5) is 15.8. The van der Waals surface area contributed by atoms with Crippen LogP contribution in [0.15, 0.2) is 17.5 Å². The van der Waals surface area contributed by atoms with E-state index in [2.05, 4.69) is 16.3 Å². The second-order valence-corrected chi connectivity index (χ2v) is 8.12. The van der Waals surface area contributed by atoms with Gasteiger partial charge in [0, 0.05) is 29.8 Å². The molecule has 1 aromatic rings. The van der Waals surface area contributed by atoms with E-state index >= 15 is 0 Å². The van der Waals surface area contributed by atoms with E-state index < -0.39 is 0 Å². The fraction of sp³-hybridized carbons (Fsp3) is 0.688. The molecule has 2 fully saturated rings. The van der Waals surface area contributed by atoms with Gasteiger partial charge in [-0.25, -0.2) is 0 Å². The van der Waals surface area contributed by atoms with Gasteiger partial charge in [0.1, 0.15) is 0 Å². The van der Waals surface area contributed by atoms with Crippen LogP contribution in [0.25, 0.3) is 0 Å². The molecule has 1 N–H and O–H groups in total. The molecule has 3 heterocycles. The normalized spacial score (nSPS) is 25.0. The minimum Gasteiger partial charge on any atom is -0.377 e. The predicted octanol–water partition coefficient (Wildman–Crippen LogP) is 2.35. The molecule has 0 bridgehead atoms. The highest BCUT2D eigenvalue weighted by molar-refractivity contribution is 7.99. The van der Waals surface area contributed by atoms with Gasteiger partial charge in [-0.15, -0.1) is 11.3 Å². The first-order valence-corrected chi connectivity index (χ1v) is 10.1. The Morgan fingerprint density at radius 1 is 1.45 bits per heavy atom. The molecule has 0 saturated carbocycles.